The molecule has 0 saturated carbocycles. The minimum atomic E-state index is -1.49. The standard InChI is InChI=1S/C37H37Cl2N3O6/c1-45-32-13-6-12-27(33(32)46-2)24-40-42-36(44)37(20-7-11-25-9-4-3-5-10-25)34(30-19-16-28(38)23-31(30)39)48-35(41-37)26-14-17-29(18-15-26)47-22-8-21-43/h3-7,9-19,23,34,40,43H,8,20-22,24H2,1-2H3,(H,42,44)/b11-7+/t34-,37-/m0/s1. The van der Waals surface area contributed by atoms with Gasteiger partial charge in [0.2, 0.25) is 5.90 Å². The van der Waals surface area contributed by atoms with Gasteiger partial charge in [-0.15, -0.1) is 0 Å². The van der Waals surface area contributed by atoms with Crippen LogP contribution in [-0.4, -0.2) is 49.9 Å². The van der Waals surface area contributed by atoms with Crippen molar-refractivity contribution < 1.29 is 28.8 Å². The number of ether oxygens (including phenoxy) is 4. The molecule has 0 fully saturated rings. The molecule has 4 aromatic rings. The van der Waals surface area contributed by atoms with E-state index >= 15 is 0 Å². The van der Waals surface area contributed by atoms with E-state index in [1.165, 1.54) is 0 Å². The van der Waals surface area contributed by atoms with Crippen molar-refractivity contribution in [3.05, 3.63) is 129 Å². The minimum absolute atomic E-state index is 0.0438. The number of carbonyl (C=O) groups excluding carboxylic acids is 1. The molecule has 1 aliphatic heterocycles. The largest absolute Gasteiger partial charge is 0.494 e. The number of hydrogen-bond acceptors (Lipinski definition) is 8. The second-order valence-corrected chi connectivity index (χ2v) is 11.8. The van der Waals surface area contributed by atoms with Gasteiger partial charge in [-0.25, -0.2) is 10.4 Å². The first-order valence-corrected chi connectivity index (χ1v) is 16.1. The number of rotatable bonds is 15. The molecule has 5 rings (SSSR count). The third-order valence-corrected chi connectivity index (χ3v) is 8.34. The number of benzene rings is 4. The van der Waals surface area contributed by atoms with Crippen molar-refractivity contribution in [3.63, 3.8) is 0 Å². The molecule has 1 amide bonds. The fraction of sp³-hybridized carbons (Fsp3) is 0.243. The van der Waals surface area contributed by atoms with Gasteiger partial charge in [-0.05, 0) is 48.0 Å². The maximum atomic E-state index is 14.5. The summed E-state index contributed by atoms with van der Waals surface area (Å²) in [6.07, 6.45) is 3.63. The van der Waals surface area contributed by atoms with Crippen LogP contribution in [0.15, 0.2) is 102 Å². The molecule has 0 aromatic heterocycles. The summed E-state index contributed by atoms with van der Waals surface area (Å²) >= 11 is 13.0. The lowest BCUT2D eigenvalue weighted by molar-refractivity contribution is -0.129. The SMILES string of the molecule is COc1cccc(CNNC(=O)[C@@]2(C/C=C/c3ccccc3)N=C(c3ccc(OCCCO)cc3)O[C@H]2c2ccc(Cl)cc2Cl)c1OC. The number of methoxy groups -OCH3 is 2. The molecule has 0 radical (unpaired) electrons. The first kappa shape index (κ1) is 34.8. The molecule has 9 nitrogen and oxygen atoms in total. The average Bonchev–Trinajstić information content (AvgIpc) is 3.49. The van der Waals surface area contributed by atoms with Crippen LogP contribution in [0.2, 0.25) is 10.0 Å². The predicted molar refractivity (Wildman–Crippen MR) is 188 cm³/mol. The van der Waals surface area contributed by atoms with Gasteiger partial charge in [0.25, 0.3) is 5.91 Å². The van der Waals surface area contributed by atoms with Gasteiger partial charge in [-0.2, -0.15) is 0 Å². The first-order chi connectivity index (χ1) is 23.4. The summed E-state index contributed by atoms with van der Waals surface area (Å²) in [5, 5.41) is 9.87. The Morgan fingerprint density at radius 1 is 1.00 bits per heavy atom. The number of hydrazine groups is 1. The fourth-order valence-corrected chi connectivity index (χ4v) is 5.87. The summed E-state index contributed by atoms with van der Waals surface area (Å²) in [5.74, 6) is 1.60. The zero-order chi connectivity index (χ0) is 33.9. The second-order valence-electron chi connectivity index (χ2n) is 10.9. The summed E-state index contributed by atoms with van der Waals surface area (Å²) in [6.45, 7) is 0.669. The summed E-state index contributed by atoms with van der Waals surface area (Å²) in [6, 6.07) is 27.6. The van der Waals surface area contributed by atoms with E-state index in [9.17, 15) is 4.79 Å². The first-order valence-electron chi connectivity index (χ1n) is 15.4. The van der Waals surface area contributed by atoms with Gasteiger partial charge in [0, 0.05) is 52.7 Å². The Morgan fingerprint density at radius 3 is 2.50 bits per heavy atom. The number of aliphatic hydroxyl groups is 1. The van der Waals surface area contributed by atoms with E-state index in [0.29, 0.717) is 51.4 Å². The fourth-order valence-electron chi connectivity index (χ4n) is 5.37. The zero-order valence-corrected chi connectivity index (χ0v) is 28.1. The van der Waals surface area contributed by atoms with Gasteiger partial charge < -0.3 is 24.1 Å². The topological polar surface area (TPSA) is 111 Å². The van der Waals surface area contributed by atoms with Gasteiger partial charge in [0.05, 0.1) is 20.8 Å². The lowest BCUT2D eigenvalue weighted by Gasteiger charge is -2.30. The van der Waals surface area contributed by atoms with E-state index in [-0.39, 0.29) is 25.5 Å². The van der Waals surface area contributed by atoms with E-state index < -0.39 is 17.6 Å². The number of aliphatic hydroxyl groups excluding tert-OH is 1. The van der Waals surface area contributed by atoms with Crippen molar-refractivity contribution in [2.24, 2.45) is 4.99 Å². The lowest BCUT2D eigenvalue weighted by atomic mass is 9.84. The van der Waals surface area contributed by atoms with Crippen LogP contribution < -0.4 is 25.1 Å². The molecule has 0 unspecified atom stereocenters. The molecule has 0 saturated heterocycles. The molecule has 0 spiro atoms. The van der Waals surface area contributed by atoms with Crippen molar-refractivity contribution in [1.29, 1.82) is 0 Å². The molecule has 3 N–H and O–H groups in total. The number of carbonyl (C=O) groups is 1. The van der Waals surface area contributed by atoms with Gasteiger partial charge in [-0.3, -0.25) is 10.2 Å². The van der Waals surface area contributed by atoms with Crippen LogP contribution in [0, 0.1) is 0 Å². The highest BCUT2D eigenvalue weighted by atomic mass is 35.5. The highest BCUT2D eigenvalue weighted by Crippen LogP contribution is 2.45. The molecule has 48 heavy (non-hydrogen) atoms. The smallest absolute Gasteiger partial charge is 0.266 e. The number of aliphatic imine (C=N–C) groups is 1. The Labute approximate surface area is 290 Å². The zero-order valence-electron chi connectivity index (χ0n) is 26.6. The summed E-state index contributed by atoms with van der Waals surface area (Å²) in [5.41, 5.74) is 7.39. The monoisotopic (exact) mass is 689 g/mol. The van der Waals surface area contributed by atoms with Crippen molar-refractivity contribution in [2.75, 3.05) is 27.4 Å². The highest BCUT2D eigenvalue weighted by Gasteiger charge is 2.53. The molecule has 1 heterocycles. The van der Waals surface area contributed by atoms with Crippen LogP contribution in [0.25, 0.3) is 6.08 Å². The van der Waals surface area contributed by atoms with E-state index in [0.717, 1.165) is 11.1 Å². The van der Waals surface area contributed by atoms with Gasteiger partial charge >= 0.3 is 0 Å². The number of nitrogens with one attached hydrogen (secondary N) is 2. The van der Waals surface area contributed by atoms with Gasteiger partial charge in [0.15, 0.2) is 23.1 Å². The Kier molecular flexibility index (Phi) is 12.0. The maximum Gasteiger partial charge on any atom is 0.266 e. The third kappa shape index (κ3) is 8.11. The number of amides is 1. The molecule has 4 aromatic carbocycles. The Bertz CT molecular complexity index is 1750. The van der Waals surface area contributed by atoms with Gasteiger partial charge in [0.1, 0.15) is 5.75 Å². The highest BCUT2D eigenvalue weighted by molar-refractivity contribution is 6.35. The van der Waals surface area contributed by atoms with E-state index in [2.05, 4.69) is 10.9 Å². The minimum Gasteiger partial charge on any atom is -0.494 e. The van der Waals surface area contributed by atoms with Crippen LogP contribution >= 0.6 is 23.2 Å². The number of halogens is 2. The van der Waals surface area contributed by atoms with E-state index in [1.54, 1.807) is 50.6 Å². The summed E-state index contributed by atoms with van der Waals surface area (Å²) < 4.78 is 23.2. The molecular formula is C37H37Cl2N3O6. The molecule has 1 aliphatic rings. The molecule has 250 valence electrons. The normalized spacial score (nSPS) is 17.1. The second kappa shape index (κ2) is 16.5. The van der Waals surface area contributed by atoms with E-state index in [1.807, 2.05) is 66.7 Å². The van der Waals surface area contributed by atoms with Crippen molar-refractivity contribution >= 4 is 41.1 Å². The van der Waals surface area contributed by atoms with Crippen LogP contribution in [0.3, 0.4) is 0 Å². The molecule has 11 heteroatoms. The van der Waals surface area contributed by atoms with Crippen LogP contribution in [0.1, 0.15) is 41.2 Å². The van der Waals surface area contributed by atoms with Crippen LogP contribution in [-0.2, 0) is 16.1 Å². The third-order valence-electron chi connectivity index (χ3n) is 7.78. The summed E-state index contributed by atoms with van der Waals surface area (Å²) in [4.78, 5) is 19.5. The predicted octanol–water partition coefficient (Wildman–Crippen LogP) is 6.95. The quantitative estimate of drug-likeness (QED) is 0.0915. The van der Waals surface area contributed by atoms with Crippen molar-refractivity contribution in [3.8, 4) is 17.2 Å². The van der Waals surface area contributed by atoms with Crippen molar-refractivity contribution in [1.82, 2.24) is 10.9 Å². The van der Waals surface area contributed by atoms with Crippen LogP contribution in [0.5, 0.6) is 17.2 Å². The number of hydrogen-bond donors (Lipinski definition) is 3. The summed E-state index contributed by atoms with van der Waals surface area (Å²) in [7, 11) is 3.13. The lowest BCUT2D eigenvalue weighted by Crippen LogP contribution is -2.52. The van der Waals surface area contributed by atoms with Gasteiger partial charge in [-0.1, -0.05) is 83.9 Å². The number of nitrogens with zero attached hydrogens (tertiary/aromatic N) is 1. The number of para-hydroxylation sites is 1. The molecule has 0 aliphatic carbocycles. The van der Waals surface area contributed by atoms with Crippen LogP contribution in [0.4, 0.5) is 0 Å². The Balaban J connectivity index is 1.51. The van der Waals surface area contributed by atoms with Crippen molar-refractivity contribution in [2.45, 2.75) is 31.0 Å². The maximum absolute atomic E-state index is 14.5. The molecule has 2 atom stereocenters. The Hall–Kier alpha value is -4.54. The average molecular weight is 691 g/mol. The Morgan fingerprint density at radius 2 is 1.79 bits per heavy atom. The molecular weight excluding hydrogens is 653 g/mol. The molecule has 0 bridgehead atoms. The van der Waals surface area contributed by atoms with E-state index in [4.69, 9.17) is 52.2 Å².